The number of hydrogen-bond acceptors (Lipinski definition) is 4. The lowest BCUT2D eigenvalue weighted by Crippen LogP contribution is -2.52. The Balaban J connectivity index is 2.46. The number of likely N-dealkylation sites (tertiary alicyclic amines) is 1. The molecular weight excluding hydrogens is 228 g/mol. The van der Waals surface area contributed by atoms with Crippen molar-refractivity contribution in [2.24, 2.45) is 0 Å². The standard InChI is InChI=1S/C10H14N2O5/c1-12-8(14)4-2-6(10(12)17)11-7(13)3-5-9(15)16/h6H,2-5H2,1H3,(H,11,13)(H,15,16). The highest BCUT2D eigenvalue weighted by atomic mass is 16.4. The van der Waals surface area contributed by atoms with Gasteiger partial charge in [0.1, 0.15) is 6.04 Å². The summed E-state index contributed by atoms with van der Waals surface area (Å²) in [4.78, 5) is 45.3. The van der Waals surface area contributed by atoms with Crippen molar-refractivity contribution < 1.29 is 24.3 Å². The molecule has 7 nitrogen and oxygen atoms in total. The second kappa shape index (κ2) is 5.42. The summed E-state index contributed by atoms with van der Waals surface area (Å²) in [6.07, 6.45) is 0.0191. The van der Waals surface area contributed by atoms with E-state index in [2.05, 4.69) is 5.32 Å². The van der Waals surface area contributed by atoms with Crippen LogP contribution in [0.3, 0.4) is 0 Å². The van der Waals surface area contributed by atoms with E-state index in [9.17, 15) is 19.2 Å². The molecule has 3 amide bonds. The number of rotatable bonds is 4. The largest absolute Gasteiger partial charge is 0.481 e. The van der Waals surface area contributed by atoms with Gasteiger partial charge in [-0.15, -0.1) is 0 Å². The quantitative estimate of drug-likeness (QED) is 0.623. The molecule has 0 aromatic rings. The molecule has 0 spiro atoms. The van der Waals surface area contributed by atoms with Crippen molar-refractivity contribution >= 4 is 23.7 Å². The maximum absolute atomic E-state index is 11.6. The zero-order valence-electron chi connectivity index (χ0n) is 9.43. The molecule has 1 unspecified atom stereocenters. The number of carboxylic acids is 1. The van der Waals surface area contributed by atoms with Crippen LogP contribution in [0.15, 0.2) is 0 Å². The van der Waals surface area contributed by atoms with Crippen LogP contribution in [0.4, 0.5) is 0 Å². The molecular formula is C10H14N2O5. The van der Waals surface area contributed by atoms with Gasteiger partial charge in [-0.1, -0.05) is 0 Å². The van der Waals surface area contributed by atoms with Crippen LogP contribution < -0.4 is 5.32 Å². The number of nitrogens with zero attached hydrogens (tertiary/aromatic N) is 1. The van der Waals surface area contributed by atoms with Crippen LogP contribution in [-0.2, 0) is 19.2 Å². The fourth-order valence-corrected chi connectivity index (χ4v) is 1.54. The predicted octanol–water partition coefficient (Wildman–Crippen LogP) is -0.885. The molecule has 1 atom stereocenters. The first-order valence-electron chi connectivity index (χ1n) is 5.23. The van der Waals surface area contributed by atoms with Gasteiger partial charge in [0.05, 0.1) is 6.42 Å². The Morgan fingerprint density at radius 1 is 1.41 bits per heavy atom. The topological polar surface area (TPSA) is 104 Å². The molecule has 7 heteroatoms. The molecule has 94 valence electrons. The average Bonchev–Trinajstić information content (AvgIpc) is 2.27. The second-order valence-corrected chi connectivity index (χ2v) is 3.84. The van der Waals surface area contributed by atoms with E-state index in [1.807, 2.05) is 0 Å². The monoisotopic (exact) mass is 242 g/mol. The first-order valence-corrected chi connectivity index (χ1v) is 5.23. The first kappa shape index (κ1) is 13.1. The van der Waals surface area contributed by atoms with Gasteiger partial charge in [-0.05, 0) is 6.42 Å². The van der Waals surface area contributed by atoms with Crippen molar-refractivity contribution in [2.75, 3.05) is 7.05 Å². The van der Waals surface area contributed by atoms with Crippen LogP contribution in [0.5, 0.6) is 0 Å². The van der Waals surface area contributed by atoms with Crippen LogP contribution in [-0.4, -0.2) is 46.8 Å². The van der Waals surface area contributed by atoms with Crippen LogP contribution in [0.25, 0.3) is 0 Å². The van der Waals surface area contributed by atoms with Crippen molar-refractivity contribution in [1.82, 2.24) is 10.2 Å². The summed E-state index contributed by atoms with van der Waals surface area (Å²) in [7, 11) is 1.36. The molecule has 0 saturated carbocycles. The molecule has 17 heavy (non-hydrogen) atoms. The maximum atomic E-state index is 11.6. The Morgan fingerprint density at radius 2 is 2.06 bits per heavy atom. The van der Waals surface area contributed by atoms with Crippen molar-refractivity contribution in [3.8, 4) is 0 Å². The highest BCUT2D eigenvalue weighted by Crippen LogP contribution is 2.11. The molecule has 2 N–H and O–H groups in total. The molecule has 1 aliphatic rings. The number of aliphatic carboxylic acids is 1. The van der Waals surface area contributed by atoms with Crippen LogP contribution >= 0.6 is 0 Å². The van der Waals surface area contributed by atoms with Gasteiger partial charge in [-0.25, -0.2) is 0 Å². The molecule has 1 fully saturated rings. The predicted molar refractivity (Wildman–Crippen MR) is 55.8 cm³/mol. The van der Waals surface area contributed by atoms with Crippen molar-refractivity contribution in [3.63, 3.8) is 0 Å². The highest BCUT2D eigenvalue weighted by molar-refractivity contribution is 6.01. The third-order valence-electron chi connectivity index (χ3n) is 2.55. The number of hydrogen-bond donors (Lipinski definition) is 2. The minimum Gasteiger partial charge on any atom is -0.481 e. The average molecular weight is 242 g/mol. The Morgan fingerprint density at radius 3 is 2.65 bits per heavy atom. The number of likely N-dealkylation sites (N-methyl/N-ethyl adjacent to an activating group) is 1. The van der Waals surface area contributed by atoms with Gasteiger partial charge in [-0.2, -0.15) is 0 Å². The van der Waals surface area contributed by atoms with Crippen LogP contribution in [0, 0.1) is 0 Å². The van der Waals surface area contributed by atoms with Gasteiger partial charge in [0.25, 0.3) is 5.91 Å². The van der Waals surface area contributed by atoms with Gasteiger partial charge in [0.2, 0.25) is 11.8 Å². The fraction of sp³-hybridized carbons (Fsp3) is 0.600. The number of piperidine rings is 1. The van der Waals surface area contributed by atoms with E-state index >= 15 is 0 Å². The maximum Gasteiger partial charge on any atom is 0.303 e. The molecule has 0 aliphatic carbocycles. The van der Waals surface area contributed by atoms with Gasteiger partial charge < -0.3 is 10.4 Å². The summed E-state index contributed by atoms with van der Waals surface area (Å²) < 4.78 is 0. The second-order valence-electron chi connectivity index (χ2n) is 3.84. The lowest BCUT2D eigenvalue weighted by Gasteiger charge is -2.28. The minimum absolute atomic E-state index is 0.170. The third kappa shape index (κ3) is 3.54. The summed E-state index contributed by atoms with van der Waals surface area (Å²) >= 11 is 0. The van der Waals surface area contributed by atoms with Gasteiger partial charge >= 0.3 is 5.97 Å². The van der Waals surface area contributed by atoms with E-state index in [-0.39, 0.29) is 31.6 Å². The molecule has 1 aliphatic heterocycles. The number of amides is 3. The number of imide groups is 1. The normalized spacial score (nSPS) is 20.3. The number of carboxylic acid groups (broad SMARTS) is 1. The minimum atomic E-state index is -1.07. The molecule has 0 radical (unpaired) electrons. The Hall–Kier alpha value is -1.92. The van der Waals surface area contributed by atoms with Gasteiger partial charge in [0.15, 0.2) is 0 Å². The summed E-state index contributed by atoms with van der Waals surface area (Å²) in [6, 6.07) is -0.723. The van der Waals surface area contributed by atoms with Crippen LogP contribution in [0.2, 0.25) is 0 Å². The summed E-state index contributed by atoms with van der Waals surface area (Å²) in [5, 5.41) is 10.8. The summed E-state index contributed by atoms with van der Waals surface area (Å²) in [5.41, 5.74) is 0. The third-order valence-corrected chi connectivity index (χ3v) is 2.55. The van der Waals surface area contributed by atoms with E-state index in [1.165, 1.54) is 7.05 Å². The lowest BCUT2D eigenvalue weighted by atomic mass is 10.0. The first-order chi connectivity index (χ1) is 7.91. The zero-order valence-corrected chi connectivity index (χ0v) is 9.43. The summed E-state index contributed by atoms with van der Waals surface area (Å²) in [5.74, 6) is -2.29. The van der Waals surface area contributed by atoms with E-state index in [4.69, 9.17) is 5.11 Å². The lowest BCUT2D eigenvalue weighted by molar-refractivity contribution is -0.149. The Labute approximate surface area is 97.8 Å². The SMILES string of the molecule is CN1C(=O)CCC(NC(=O)CCC(=O)O)C1=O. The Bertz CT molecular complexity index is 366. The fourth-order valence-electron chi connectivity index (χ4n) is 1.54. The summed E-state index contributed by atoms with van der Waals surface area (Å²) in [6.45, 7) is 0. The highest BCUT2D eigenvalue weighted by Gasteiger charge is 2.32. The number of carbonyl (C=O) groups is 4. The van der Waals surface area contributed by atoms with E-state index in [0.717, 1.165) is 4.90 Å². The van der Waals surface area contributed by atoms with E-state index in [1.54, 1.807) is 0 Å². The molecule has 0 bridgehead atoms. The Kier molecular flexibility index (Phi) is 4.19. The smallest absolute Gasteiger partial charge is 0.303 e. The molecule has 1 rings (SSSR count). The van der Waals surface area contributed by atoms with Crippen molar-refractivity contribution in [3.05, 3.63) is 0 Å². The molecule has 1 heterocycles. The van der Waals surface area contributed by atoms with E-state index < -0.39 is 23.8 Å². The van der Waals surface area contributed by atoms with E-state index in [0.29, 0.717) is 0 Å². The van der Waals surface area contributed by atoms with Gasteiger partial charge in [-0.3, -0.25) is 24.1 Å². The molecule has 1 saturated heterocycles. The number of carbonyl (C=O) groups excluding carboxylic acids is 3. The molecule has 0 aromatic carbocycles. The van der Waals surface area contributed by atoms with Crippen molar-refractivity contribution in [1.29, 1.82) is 0 Å². The van der Waals surface area contributed by atoms with Gasteiger partial charge in [0, 0.05) is 19.9 Å². The van der Waals surface area contributed by atoms with Crippen molar-refractivity contribution in [2.45, 2.75) is 31.7 Å². The number of nitrogens with one attached hydrogen (secondary N) is 1. The molecule has 0 aromatic heterocycles. The van der Waals surface area contributed by atoms with Crippen LogP contribution in [0.1, 0.15) is 25.7 Å². The zero-order chi connectivity index (χ0) is 13.0.